The van der Waals surface area contributed by atoms with E-state index < -0.39 is 11.4 Å². The summed E-state index contributed by atoms with van der Waals surface area (Å²) < 4.78 is 1.36. The van der Waals surface area contributed by atoms with Gasteiger partial charge in [0.2, 0.25) is 0 Å². The van der Waals surface area contributed by atoms with Crippen molar-refractivity contribution in [1.29, 1.82) is 0 Å². The van der Waals surface area contributed by atoms with E-state index in [4.69, 9.17) is 0 Å². The quantitative estimate of drug-likeness (QED) is 0.921. The zero-order valence-electron chi connectivity index (χ0n) is 14.0. The van der Waals surface area contributed by atoms with Crippen LogP contribution in [0.4, 0.5) is 0 Å². The first-order chi connectivity index (χ1) is 12.0. The van der Waals surface area contributed by atoms with Gasteiger partial charge in [-0.2, -0.15) is 0 Å². The van der Waals surface area contributed by atoms with Crippen LogP contribution in [0.15, 0.2) is 53.5 Å². The van der Waals surface area contributed by atoms with Crippen molar-refractivity contribution in [2.24, 2.45) is 7.05 Å². The number of carboxylic acid groups (broad SMARTS) is 1. The molecule has 1 aliphatic heterocycles. The molecule has 2 heterocycles. The molecule has 1 fully saturated rings. The number of benzene rings is 1. The fraction of sp³-hybridized carbons (Fsp3) is 0.316. The van der Waals surface area contributed by atoms with Crippen molar-refractivity contribution in [2.75, 3.05) is 13.1 Å². The van der Waals surface area contributed by atoms with Crippen LogP contribution in [0.2, 0.25) is 0 Å². The van der Waals surface area contributed by atoms with Crippen molar-refractivity contribution < 1.29 is 14.7 Å². The highest BCUT2D eigenvalue weighted by Gasteiger charge is 2.44. The highest BCUT2D eigenvalue weighted by Crippen LogP contribution is 2.36. The highest BCUT2D eigenvalue weighted by molar-refractivity contribution is 5.94. The van der Waals surface area contributed by atoms with Crippen LogP contribution in [0.3, 0.4) is 0 Å². The van der Waals surface area contributed by atoms with E-state index in [1.54, 1.807) is 24.2 Å². The topological polar surface area (TPSA) is 79.6 Å². The Kier molecular flexibility index (Phi) is 4.44. The monoisotopic (exact) mass is 340 g/mol. The van der Waals surface area contributed by atoms with Crippen molar-refractivity contribution >= 4 is 11.9 Å². The molecule has 1 saturated heterocycles. The van der Waals surface area contributed by atoms with Crippen molar-refractivity contribution in [1.82, 2.24) is 9.47 Å². The predicted molar refractivity (Wildman–Crippen MR) is 92.6 cm³/mol. The van der Waals surface area contributed by atoms with Crippen molar-refractivity contribution in [2.45, 2.75) is 18.3 Å². The van der Waals surface area contributed by atoms with E-state index >= 15 is 0 Å². The van der Waals surface area contributed by atoms with Crippen LogP contribution >= 0.6 is 0 Å². The van der Waals surface area contributed by atoms with E-state index in [2.05, 4.69) is 0 Å². The zero-order chi connectivity index (χ0) is 18.0. The van der Waals surface area contributed by atoms with Gasteiger partial charge in [0.25, 0.3) is 11.5 Å². The SMILES string of the molecule is Cn1cccc(C(=O)N2CCC(C(=O)O)(c3ccccc3)CC2)c1=O. The van der Waals surface area contributed by atoms with Crippen LogP contribution in [-0.4, -0.2) is 39.5 Å². The fourth-order valence-electron chi connectivity index (χ4n) is 3.41. The first-order valence-corrected chi connectivity index (χ1v) is 8.19. The summed E-state index contributed by atoms with van der Waals surface area (Å²) in [4.78, 5) is 38.3. The smallest absolute Gasteiger partial charge is 0.314 e. The van der Waals surface area contributed by atoms with Gasteiger partial charge in [-0.25, -0.2) is 0 Å². The summed E-state index contributed by atoms with van der Waals surface area (Å²) in [5.74, 6) is -1.21. The number of pyridine rings is 1. The number of aliphatic carboxylic acids is 1. The third kappa shape index (κ3) is 2.95. The first-order valence-electron chi connectivity index (χ1n) is 8.19. The number of piperidine rings is 1. The molecular formula is C19H20N2O4. The van der Waals surface area contributed by atoms with Crippen LogP contribution in [0.25, 0.3) is 0 Å². The summed E-state index contributed by atoms with van der Waals surface area (Å²) in [5.41, 5.74) is -0.456. The maximum Gasteiger partial charge on any atom is 0.314 e. The van der Waals surface area contributed by atoms with Crippen molar-refractivity contribution in [3.63, 3.8) is 0 Å². The molecular weight excluding hydrogens is 320 g/mol. The number of carboxylic acids is 1. The summed E-state index contributed by atoms with van der Waals surface area (Å²) in [5, 5.41) is 9.81. The van der Waals surface area contributed by atoms with E-state index in [0.29, 0.717) is 25.9 Å². The fourth-order valence-corrected chi connectivity index (χ4v) is 3.41. The second kappa shape index (κ2) is 6.55. The molecule has 1 aliphatic rings. The normalized spacial score (nSPS) is 16.4. The Morgan fingerprint density at radius 1 is 1.04 bits per heavy atom. The van der Waals surface area contributed by atoms with Crippen LogP contribution in [0.5, 0.6) is 0 Å². The van der Waals surface area contributed by atoms with Gasteiger partial charge in [0.15, 0.2) is 0 Å². The number of carbonyl (C=O) groups is 2. The number of likely N-dealkylation sites (tertiary alicyclic amines) is 1. The van der Waals surface area contributed by atoms with Crippen molar-refractivity contribution in [3.05, 3.63) is 70.1 Å². The Hall–Kier alpha value is -2.89. The molecule has 0 aliphatic carbocycles. The molecule has 1 aromatic heterocycles. The maximum absolute atomic E-state index is 12.7. The Morgan fingerprint density at radius 2 is 1.68 bits per heavy atom. The number of aryl methyl sites for hydroxylation is 1. The maximum atomic E-state index is 12.7. The second-order valence-corrected chi connectivity index (χ2v) is 6.38. The zero-order valence-corrected chi connectivity index (χ0v) is 14.0. The number of nitrogens with zero attached hydrogens (tertiary/aromatic N) is 2. The van der Waals surface area contributed by atoms with Gasteiger partial charge in [0.1, 0.15) is 5.56 Å². The lowest BCUT2D eigenvalue weighted by Crippen LogP contribution is -2.49. The standard InChI is InChI=1S/C19H20N2O4/c1-20-11-5-8-15(16(20)22)17(23)21-12-9-19(10-13-21,18(24)25)14-6-3-2-4-7-14/h2-8,11H,9-10,12-13H2,1H3,(H,24,25). The van der Waals surface area contributed by atoms with Gasteiger partial charge in [0.05, 0.1) is 5.41 Å². The molecule has 0 bridgehead atoms. The minimum atomic E-state index is -0.986. The van der Waals surface area contributed by atoms with Gasteiger partial charge in [-0.1, -0.05) is 30.3 Å². The summed E-state index contributed by atoms with van der Waals surface area (Å²) in [6.07, 6.45) is 2.25. The third-order valence-electron chi connectivity index (χ3n) is 4.99. The molecule has 1 aromatic carbocycles. The van der Waals surface area contributed by atoms with Gasteiger partial charge < -0.3 is 14.6 Å². The largest absolute Gasteiger partial charge is 0.481 e. The summed E-state index contributed by atoms with van der Waals surface area (Å²) in [7, 11) is 1.60. The van der Waals surface area contributed by atoms with E-state index in [9.17, 15) is 19.5 Å². The summed E-state index contributed by atoms with van der Waals surface area (Å²) in [6, 6.07) is 12.3. The molecule has 3 rings (SSSR count). The van der Waals surface area contributed by atoms with Crippen LogP contribution in [-0.2, 0) is 17.3 Å². The van der Waals surface area contributed by atoms with E-state index in [1.165, 1.54) is 10.6 Å². The van der Waals surface area contributed by atoms with Gasteiger partial charge in [-0.05, 0) is 30.5 Å². The molecule has 0 unspecified atom stereocenters. The van der Waals surface area contributed by atoms with Crippen molar-refractivity contribution in [3.8, 4) is 0 Å². The minimum absolute atomic E-state index is 0.118. The number of aromatic nitrogens is 1. The van der Waals surface area contributed by atoms with Crippen LogP contribution < -0.4 is 5.56 Å². The minimum Gasteiger partial charge on any atom is -0.481 e. The Balaban J connectivity index is 1.83. The molecule has 6 nitrogen and oxygen atoms in total. The number of carbonyl (C=O) groups excluding carboxylic acids is 1. The number of hydrogen-bond acceptors (Lipinski definition) is 3. The molecule has 0 radical (unpaired) electrons. The molecule has 0 saturated carbocycles. The highest BCUT2D eigenvalue weighted by atomic mass is 16.4. The predicted octanol–water partition coefficient (Wildman–Crippen LogP) is 1.64. The van der Waals surface area contributed by atoms with Crippen LogP contribution in [0.1, 0.15) is 28.8 Å². The molecule has 130 valence electrons. The molecule has 1 amide bonds. The second-order valence-electron chi connectivity index (χ2n) is 6.38. The Labute approximate surface area is 145 Å². The molecule has 0 atom stereocenters. The summed E-state index contributed by atoms with van der Waals surface area (Å²) in [6.45, 7) is 0.607. The van der Waals surface area contributed by atoms with Gasteiger partial charge >= 0.3 is 5.97 Å². The molecule has 6 heteroatoms. The lowest BCUT2D eigenvalue weighted by Gasteiger charge is -2.39. The number of hydrogen-bond donors (Lipinski definition) is 1. The average molecular weight is 340 g/mol. The van der Waals surface area contributed by atoms with E-state index in [1.807, 2.05) is 30.3 Å². The van der Waals surface area contributed by atoms with Gasteiger partial charge in [-0.15, -0.1) is 0 Å². The lowest BCUT2D eigenvalue weighted by molar-refractivity contribution is -0.145. The third-order valence-corrected chi connectivity index (χ3v) is 4.99. The van der Waals surface area contributed by atoms with Gasteiger partial charge in [-0.3, -0.25) is 14.4 Å². The Morgan fingerprint density at radius 3 is 2.28 bits per heavy atom. The molecule has 25 heavy (non-hydrogen) atoms. The molecule has 2 aromatic rings. The molecule has 1 N–H and O–H groups in total. The van der Waals surface area contributed by atoms with E-state index in [0.717, 1.165) is 5.56 Å². The lowest BCUT2D eigenvalue weighted by atomic mass is 9.73. The average Bonchev–Trinajstić information content (AvgIpc) is 2.64. The number of amides is 1. The molecule has 0 spiro atoms. The first kappa shape index (κ1) is 17.0. The van der Waals surface area contributed by atoms with Gasteiger partial charge in [0, 0.05) is 26.3 Å². The summed E-state index contributed by atoms with van der Waals surface area (Å²) >= 11 is 0. The van der Waals surface area contributed by atoms with E-state index in [-0.39, 0.29) is 17.0 Å². The Bertz CT molecular complexity index is 849. The van der Waals surface area contributed by atoms with Crippen LogP contribution in [0, 0.1) is 0 Å². The number of rotatable bonds is 3.